The fourth-order valence-electron chi connectivity index (χ4n) is 2.33. The van der Waals surface area contributed by atoms with Crippen LogP contribution in [-0.2, 0) is 4.79 Å². The fraction of sp³-hybridized carbons (Fsp3) is 0.231. The lowest BCUT2D eigenvalue weighted by molar-refractivity contribution is -0.116. The van der Waals surface area contributed by atoms with Crippen LogP contribution in [0.15, 0.2) is 18.2 Å². The third-order valence-electron chi connectivity index (χ3n) is 3.24. The summed E-state index contributed by atoms with van der Waals surface area (Å²) in [6.45, 7) is 0. The van der Waals surface area contributed by atoms with Gasteiger partial charge in [-0.15, -0.1) is 0 Å². The highest BCUT2D eigenvalue weighted by Gasteiger charge is 2.30. The maximum Gasteiger partial charge on any atom is 0.226 e. The Hall–Kier alpha value is -2.28. The first kappa shape index (κ1) is 12.7. The van der Waals surface area contributed by atoms with Gasteiger partial charge >= 0.3 is 0 Å². The van der Waals surface area contributed by atoms with Crippen LogP contribution in [0.1, 0.15) is 22.8 Å². The second kappa shape index (κ2) is 4.68. The molecule has 0 radical (unpaired) electrons. The number of ether oxygens (including phenoxy) is 1. The molecule has 20 heavy (non-hydrogen) atoms. The highest BCUT2D eigenvalue weighted by Crippen LogP contribution is 2.43. The van der Waals surface area contributed by atoms with Crippen LogP contribution in [0.25, 0.3) is 0 Å². The van der Waals surface area contributed by atoms with Gasteiger partial charge in [-0.3, -0.25) is 4.79 Å². The molecule has 1 aromatic heterocycles. The van der Waals surface area contributed by atoms with Crippen molar-refractivity contribution in [1.82, 2.24) is 4.98 Å². The van der Waals surface area contributed by atoms with Gasteiger partial charge in [0.2, 0.25) is 5.91 Å². The number of fused-ring (bicyclic) bond motifs is 1. The van der Waals surface area contributed by atoms with Gasteiger partial charge < -0.3 is 20.9 Å². The topological polar surface area (TPSA) is 97.5 Å². The summed E-state index contributed by atoms with van der Waals surface area (Å²) in [5, 5.41) is 13.0. The number of carbonyl (C=O) groups excluding carboxylic acids is 1. The number of aromatic nitrogens is 1. The number of thiazole rings is 1. The molecule has 4 N–H and O–H groups in total. The second-order valence-electron chi connectivity index (χ2n) is 4.50. The third-order valence-corrected chi connectivity index (χ3v) is 4.24. The molecule has 0 saturated heterocycles. The van der Waals surface area contributed by atoms with Gasteiger partial charge in [0.1, 0.15) is 5.82 Å². The Morgan fingerprint density at radius 1 is 1.55 bits per heavy atom. The molecule has 1 atom stereocenters. The number of phenols is 1. The van der Waals surface area contributed by atoms with E-state index in [2.05, 4.69) is 10.3 Å². The van der Waals surface area contributed by atoms with E-state index < -0.39 is 0 Å². The van der Waals surface area contributed by atoms with Crippen molar-refractivity contribution >= 4 is 28.2 Å². The Morgan fingerprint density at radius 3 is 3.05 bits per heavy atom. The molecule has 0 bridgehead atoms. The van der Waals surface area contributed by atoms with Crippen molar-refractivity contribution in [2.45, 2.75) is 12.3 Å². The zero-order valence-electron chi connectivity index (χ0n) is 10.7. The molecular formula is C13H13N3O3S. The number of nitrogen functional groups attached to an aromatic ring is 1. The van der Waals surface area contributed by atoms with E-state index in [1.807, 2.05) is 6.07 Å². The number of aromatic hydroxyl groups is 1. The van der Waals surface area contributed by atoms with Crippen LogP contribution in [0, 0.1) is 0 Å². The summed E-state index contributed by atoms with van der Waals surface area (Å²) in [4.78, 5) is 16.8. The molecule has 104 valence electrons. The lowest BCUT2D eigenvalue weighted by atomic mass is 9.91. The van der Waals surface area contributed by atoms with Crippen LogP contribution in [0.5, 0.6) is 11.5 Å². The molecule has 2 heterocycles. The molecule has 1 aliphatic heterocycles. The van der Waals surface area contributed by atoms with Gasteiger partial charge in [-0.2, -0.15) is 0 Å². The Morgan fingerprint density at radius 2 is 2.35 bits per heavy atom. The summed E-state index contributed by atoms with van der Waals surface area (Å²) < 4.78 is 5.02. The van der Waals surface area contributed by atoms with Gasteiger partial charge in [-0.25, -0.2) is 4.98 Å². The number of methoxy groups -OCH3 is 1. The molecule has 1 aromatic carbocycles. The second-order valence-corrected chi connectivity index (χ2v) is 5.56. The maximum atomic E-state index is 11.8. The van der Waals surface area contributed by atoms with Crippen LogP contribution in [0.4, 0.5) is 10.9 Å². The average Bonchev–Trinajstić information content (AvgIpc) is 2.77. The van der Waals surface area contributed by atoms with E-state index in [1.165, 1.54) is 18.4 Å². The molecule has 0 spiro atoms. The SMILES string of the molecule is COc1ccc(C2CC(=O)Nc3nc(N)sc32)cc1O. The van der Waals surface area contributed by atoms with Crippen molar-refractivity contribution < 1.29 is 14.6 Å². The van der Waals surface area contributed by atoms with Crippen molar-refractivity contribution in [2.75, 3.05) is 18.2 Å². The molecular weight excluding hydrogens is 278 g/mol. The first-order chi connectivity index (χ1) is 9.58. The zero-order valence-corrected chi connectivity index (χ0v) is 11.5. The number of amides is 1. The highest BCUT2D eigenvalue weighted by molar-refractivity contribution is 7.16. The van der Waals surface area contributed by atoms with E-state index in [4.69, 9.17) is 10.5 Å². The smallest absolute Gasteiger partial charge is 0.226 e. The summed E-state index contributed by atoms with van der Waals surface area (Å²) in [7, 11) is 1.49. The molecule has 0 fully saturated rings. The molecule has 0 saturated carbocycles. The van der Waals surface area contributed by atoms with E-state index in [1.54, 1.807) is 12.1 Å². The largest absolute Gasteiger partial charge is 0.504 e. The Balaban J connectivity index is 2.05. The number of nitrogens with zero attached hydrogens (tertiary/aromatic N) is 1. The van der Waals surface area contributed by atoms with Gasteiger partial charge in [-0.1, -0.05) is 17.4 Å². The number of carbonyl (C=O) groups is 1. The van der Waals surface area contributed by atoms with Crippen LogP contribution >= 0.6 is 11.3 Å². The molecule has 1 unspecified atom stereocenters. The van der Waals surface area contributed by atoms with Gasteiger partial charge in [0, 0.05) is 12.3 Å². The highest BCUT2D eigenvalue weighted by atomic mass is 32.1. The zero-order chi connectivity index (χ0) is 14.3. The minimum Gasteiger partial charge on any atom is -0.504 e. The minimum atomic E-state index is -0.148. The van der Waals surface area contributed by atoms with Crippen molar-refractivity contribution in [2.24, 2.45) is 0 Å². The number of anilines is 2. The molecule has 3 rings (SSSR count). The number of rotatable bonds is 2. The molecule has 7 heteroatoms. The normalized spacial score (nSPS) is 17.4. The van der Waals surface area contributed by atoms with E-state index >= 15 is 0 Å². The van der Waals surface area contributed by atoms with E-state index in [9.17, 15) is 9.90 Å². The standard InChI is InChI=1S/C13H13N3O3S/c1-19-9-3-2-6(4-8(9)17)7-5-10(18)15-12-11(7)20-13(14)16-12/h2-4,7,17H,5H2,1H3,(H2,14,16)(H,15,18). The number of benzene rings is 1. The Kier molecular flexibility index (Phi) is 2.98. The van der Waals surface area contributed by atoms with Gasteiger partial charge in [-0.05, 0) is 17.7 Å². The third kappa shape index (κ3) is 2.05. The van der Waals surface area contributed by atoms with Crippen LogP contribution in [-0.4, -0.2) is 23.1 Å². The van der Waals surface area contributed by atoms with Gasteiger partial charge in [0.05, 0.1) is 12.0 Å². The van der Waals surface area contributed by atoms with Crippen LogP contribution in [0.2, 0.25) is 0 Å². The molecule has 6 nitrogen and oxygen atoms in total. The van der Waals surface area contributed by atoms with Gasteiger partial charge in [0.15, 0.2) is 16.6 Å². The first-order valence-corrected chi connectivity index (χ1v) is 6.83. The predicted octanol–water partition coefficient (Wildman–Crippen LogP) is 1.91. The lowest BCUT2D eigenvalue weighted by Gasteiger charge is -2.22. The Bertz CT molecular complexity index is 683. The van der Waals surface area contributed by atoms with Gasteiger partial charge in [0.25, 0.3) is 0 Å². The van der Waals surface area contributed by atoms with Crippen LogP contribution < -0.4 is 15.8 Å². The Labute approximate surface area is 119 Å². The molecule has 2 aromatic rings. The number of hydrogen-bond acceptors (Lipinski definition) is 6. The van der Waals surface area contributed by atoms with Crippen molar-refractivity contribution in [1.29, 1.82) is 0 Å². The quantitative estimate of drug-likeness (QED) is 0.785. The number of nitrogens with two attached hydrogens (primary N) is 1. The monoisotopic (exact) mass is 291 g/mol. The maximum absolute atomic E-state index is 11.8. The van der Waals surface area contributed by atoms with Crippen molar-refractivity contribution in [3.63, 3.8) is 0 Å². The minimum absolute atomic E-state index is 0.0509. The summed E-state index contributed by atoms with van der Waals surface area (Å²) >= 11 is 1.35. The van der Waals surface area contributed by atoms with E-state index in [-0.39, 0.29) is 17.6 Å². The molecule has 0 aliphatic carbocycles. The van der Waals surface area contributed by atoms with Crippen molar-refractivity contribution in [3.8, 4) is 11.5 Å². The lowest BCUT2D eigenvalue weighted by Crippen LogP contribution is -2.22. The first-order valence-electron chi connectivity index (χ1n) is 6.01. The summed E-state index contributed by atoms with van der Waals surface area (Å²) in [6, 6.07) is 5.13. The average molecular weight is 291 g/mol. The number of hydrogen-bond donors (Lipinski definition) is 3. The van der Waals surface area contributed by atoms with E-state index in [0.717, 1.165) is 10.4 Å². The summed E-state index contributed by atoms with van der Waals surface area (Å²) in [6.07, 6.45) is 0.306. The molecule has 1 amide bonds. The summed E-state index contributed by atoms with van der Waals surface area (Å²) in [5.41, 5.74) is 6.54. The summed E-state index contributed by atoms with van der Waals surface area (Å²) in [5.74, 6) is 0.714. The van der Waals surface area contributed by atoms with Crippen molar-refractivity contribution in [3.05, 3.63) is 28.6 Å². The number of phenolic OH excluding ortho intramolecular Hbond substituents is 1. The predicted molar refractivity (Wildman–Crippen MR) is 76.3 cm³/mol. The van der Waals surface area contributed by atoms with Crippen LogP contribution in [0.3, 0.4) is 0 Å². The molecule has 1 aliphatic rings. The number of nitrogens with one attached hydrogen (secondary N) is 1. The fourth-order valence-corrected chi connectivity index (χ4v) is 3.25. The van der Waals surface area contributed by atoms with E-state index in [0.29, 0.717) is 23.1 Å².